The lowest BCUT2D eigenvalue weighted by molar-refractivity contribution is -0.116. The topological polar surface area (TPSA) is 74.8 Å². The van der Waals surface area contributed by atoms with Crippen molar-refractivity contribution in [2.75, 3.05) is 5.32 Å². The number of aromatic nitrogens is 2. The smallest absolute Gasteiger partial charge is 0.258 e. The molecule has 5 heteroatoms. The van der Waals surface area contributed by atoms with Crippen LogP contribution in [0.4, 0.5) is 5.69 Å². The molecular weight excluding hydrogens is 278 g/mol. The molecule has 1 fully saturated rings. The average Bonchev–Trinajstić information content (AvgIpc) is 2.55. The molecule has 1 saturated carbocycles. The van der Waals surface area contributed by atoms with Crippen LogP contribution in [0.15, 0.2) is 29.3 Å². The number of amides is 1. The van der Waals surface area contributed by atoms with Crippen LogP contribution in [-0.4, -0.2) is 15.9 Å². The molecule has 2 N–H and O–H groups in total. The fourth-order valence-electron chi connectivity index (χ4n) is 3.18. The fraction of sp³-hybridized carbons (Fsp3) is 0.471. The van der Waals surface area contributed by atoms with Gasteiger partial charge in [0.1, 0.15) is 0 Å². The second-order valence-electron chi connectivity index (χ2n) is 6.05. The molecule has 1 amide bonds. The van der Waals surface area contributed by atoms with E-state index in [-0.39, 0.29) is 11.5 Å². The van der Waals surface area contributed by atoms with Crippen LogP contribution < -0.4 is 10.9 Å². The molecule has 1 aromatic heterocycles. The second-order valence-corrected chi connectivity index (χ2v) is 6.05. The summed E-state index contributed by atoms with van der Waals surface area (Å²) >= 11 is 0. The van der Waals surface area contributed by atoms with Crippen molar-refractivity contribution in [1.82, 2.24) is 9.97 Å². The summed E-state index contributed by atoms with van der Waals surface area (Å²) in [4.78, 5) is 30.4. The van der Waals surface area contributed by atoms with E-state index in [1.54, 1.807) is 18.2 Å². The molecule has 0 radical (unpaired) electrons. The van der Waals surface area contributed by atoms with Crippen molar-refractivity contribution < 1.29 is 4.79 Å². The normalized spacial score (nSPS) is 15.8. The van der Waals surface area contributed by atoms with Gasteiger partial charge in [0, 0.05) is 12.1 Å². The van der Waals surface area contributed by atoms with Crippen molar-refractivity contribution in [2.24, 2.45) is 5.92 Å². The van der Waals surface area contributed by atoms with Gasteiger partial charge in [-0.1, -0.05) is 32.1 Å². The lowest BCUT2D eigenvalue weighted by Crippen LogP contribution is -2.15. The van der Waals surface area contributed by atoms with Crippen molar-refractivity contribution in [1.29, 1.82) is 0 Å². The Balaban J connectivity index is 1.61. The van der Waals surface area contributed by atoms with Crippen LogP contribution >= 0.6 is 0 Å². The van der Waals surface area contributed by atoms with Crippen molar-refractivity contribution in [3.63, 3.8) is 0 Å². The van der Waals surface area contributed by atoms with E-state index in [1.165, 1.54) is 38.4 Å². The predicted octanol–water partition coefficient (Wildman–Crippen LogP) is 3.22. The summed E-state index contributed by atoms with van der Waals surface area (Å²) < 4.78 is 0. The number of carbonyl (C=O) groups is 1. The lowest BCUT2D eigenvalue weighted by Gasteiger charge is -2.21. The standard InChI is InChI=1S/C17H21N3O2/c21-16(9-6-12-4-2-1-3-5-12)20-13-7-8-15-14(10-13)17(22)19-11-18-15/h7-8,10-12H,1-6,9H2,(H,20,21)(H,18,19,22). The van der Waals surface area contributed by atoms with E-state index < -0.39 is 0 Å². The number of nitrogens with one attached hydrogen (secondary N) is 2. The summed E-state index contributed by atoms with van der Waals surface area (Å²) in [6, 6.07) is 5.22. The van der Waals surface area contributed by atoms with Gasteiger partial charge in [-0.3, -0.25) is 9.59 Å². The number of hydrogen-bond donors (Lipinski definition) is 2. The van der Waals surface area contributed by atoms with Gasteiger partial charge in [0.2, 0.25) is 5.91 Å². The van der Waals surface area contributed by atoms with Gasteiger partial charge in [-0.25, -0.2) is 4.98 Å². The molecular formula is C17H21N3O2. The molecule has 0 saturated heterocycles. The molecule has 0 atom stereocenters. The van der Waals surface area contributed by atoms with Crippen LogP contribution in [0.1, 0.15) is 44.9 Å². The second kappa shape index (κ2) is 6.73. The van der Waals surface area contributed by atoms with Crippen LogP contribution in [-0.2, 0) is 4.79 Å². The summed E-state index contributed by atoms with van der Waals surface area (Å²) in [5, 5.41) is 3.37. The Morgan fingerprint density at radius 1 is 1.27 bits per heavy atom. The van der Waals surface area contributed by atoms with E-state index in [1.807, 2.05) is 0 Å². The molecule has 22 heavy (non-hydrogen) atoms. The van der Waals surface area contributed by atoms with E-state index in [0.717, 1.165) is 6.42 Å². The van der Waals surface area contributed by atoms with Crippen molar-refractivity contribution in [2.45, 2.75) is 44.9 Å². The van der Waals surface area contributed by atoms with Gasteiger partial charge >= 0.3 is 0 Å². The molecule has 3 rings (SSSR count). The summed E-state index contributed by atoms with van der Waals surface area (Å²) in [6.07, 6.45) is 9.33. The Labute approximate surface area is 129 Å². The maximum atomic E-state index is 12.1. The molecule has 0 unspecified atom stereocenters. The highest BCUT2D eigenvalue weighted by Gasteiger charge is 2.15. The number of aromatic amines is 1. The predicted molar refractivity (Wildman–Crippen MR) is 86.8 cm³/mol. The molecule has 1 aromatic carbocycles. The SMILES string of the molecule is O=C(CCC1CCCCC1)Nc1ccc2nc[nH]c(=O)c2c1. The van der Waals surface area contributed by atoms with Crippen molar-refractivity contribution in [3.05, 3.63) is 34.9 Å². The summed E-state index contributed by atoms with van der Waals surface area (Å²) in [5.41, 5.74) is 1.09. The first kappa shape index (κ1) is 14.8. The Kier molecular flexibility index (Phi) is 4.51. The zero-order chi connectivity index (χ0) is 15.4. The number of anilines is 1. The number of rotatable bonds is 4. The van der Waals surface area contributed by atoms with Gasteiger partial charge in [-0.15, -0.1) is 0 Å². The van der Waals surface area contributed by atoms with Gasteiger partial charge in [-0.2, -0.15) is 0 Å². The Morgan fingerprint density at radius 2 is 2.09 bits per heavy atom. The number of carbonyl (C=O) groups excluding carboxylic acids is 1. The summed E-state index contributed by atoms with van der Waals surface area (Å²) in [6.45, 7) is 0. The lowest BCUT2D eigenvalue weighted by atomic mass is 9.86. The number of benzene rings is 1. The Hall–Kier alpha value is -2.17. The van der Waals surface area contributed by atoms with Crippen LogP contribution in [0.5, 0.6) is 0 Å². The Bertz CT molecular complexity index is 717. The van der Waals surface area contributed by atoms with Gasteiger partial charge < -0.3 is 10.3 Å². The maximum Gasteiger partial charge on any atom is 0.258 e. The fourth-order valence-corrected chi connectivity index (χ4v) is 3.18. The zero-order valence-electron chi connectivity index (χ0n) is 12.6. The van der Waals surface area contributed by atoms with Crippen LogP contribution in [0.2, 0.25) is 0 Å². The van der Waals surface area contributed by atoms with E-state index in [4.69, 9.17) is 0 Å². The molecule has 2 aromatic rings. The third kappa shape index (κ3) is 3.53. The number of H-pyrrole nitrogens is 1. The number of hydrogen-bond acceptors (Lipinski definition) is 3. The zero-order valence-corrected chi connectivity index (χ0v) is 12.6. The van der Waals surface area contributed by atoms with E-state index >= 15 is 0 Å². The molecule has 1 aliphatic carbocycles. The van der Waals surface area contributed by atoms with Crippen LogP contribution in [0, 0.1) is 5.92 Å². The van der Waals surface area contributed by atoms with Crippen LogP contribution in [0.25, 0.3) is 10.9 Å². The molecule has 5 nitrogen and oxygen atoms in total. The first-order valence-electron chi connectivity index (χ1n) is 8.00. The molecule has 0 spiro atoms. The third-order valence-electron chi connectivity index (χ3n) is 4.43. The minimum atomic E-state index is -0.191. The quantitative estimate of drug-likeness (QED) is 0.910. The molecule has 1 aliphatic rings. The first-order valence-corrected chi connectivity index (χ1v) is 8.00. The van der Waals surface area contributed by atoms with Gasteiger partial charge in [-0.05, 0) is 30.5 Å². The first-order chi connectivity index (χ1) is 10.7. The minimum absolute atomic E-state index is 0.0187. The molecule has 0 bridgehead atoms. The average molecular weight is 299 g/mol. The molecule has 116 valence electrons. The summed E-state index contributed by atoms with van der Waals surface area (Å²) in [5.74, 6) is 0.716. The van der Waals surface area contributed by atoms with E-state index in [9.17, 15) is 9.59 Å². The van der Waals surface area contributed by atoms with Crippen molar-refractivity contribution in [3.8, 4) is 0 Å². The highest BCUT2D eigenvalue weighted by molar-refractivity contribution is 5.93. The van der Waals surface area contributed by atoms with Gasteiger partial charge in [0.15, 0.2) is 0 Å². The largest absolute Gasteiger partial charge is 0.326 e. The third-order valence-corrected chi connectivity index (χ3v) is 4.43. The highest BCUT2D eigenvalue weighted by Crippen LogP contribution is 2.27. The number of fused-ring (bicyclic) bond motifs is 1. The summed E-state index contributed by atoms with van der Waals surface area (Å²) in [7, 11) is 0. The van der Waals surface area contributed by atoms with E-state index in [2.05, 4.69) is 15.3 Å². The molecule has 1 heterocycles. The Morgan fingerprint density at radius 3 is 2.91 bits per heavy atom. The minimum Gasteiger partial charge on any atom is -0.326 e. The van der Waals surface area contributed by atoms with Crippen LogP contribution in [0.3, 0.4) is 0 Å². The molecule has 0 aliphatic heterocycles. The van der Waals surface area contributed by atoms with Gasteiger partial charge in [0.05, 0.1) is 17.2 Å². The highest BCUT2D eigenvalue weighted by atomic mass is 16.1. The van der Waals surface area contributed by atoms with Gasteiger partial charge in [0.25, 0.3) is 5.56 Å². The number of nitrogens with zero attached hydrogens (tertiary/aromatic N) is 1. The maximum absolute atomic E-state index is 12.1. The van der Waals surface area contributed by atoms with Crippen molar-refractivity contribution >= 4 is 22.5 Å². The monoisotopic (exact) mass is 299 g/mol. The van der Waals surface area contributed by atoms with E-state index in [0.29, 0.717) is 28.9 Å².